The van der Waals surface area contributed by atoms with Crippen LogP contribution in [0.5, 0.6) is 0 Å². The van der Waals surface area contributed by atoms with Crippen LogP contribution in [0.15, 0.2) is 47.7 Å². The molecule has 1 aliphatic heterocycles. The summed E-state index contributed by atoms with van der Waals surface area (Å²) in [4.78, 5) is 8.82. The molecule has 2 heterocycles. The minimum absolute atomic E-state index is 0.0116. The predicted octanol–water partition coefficient (Wildman–Crippen LogP) is 1.97. The number of aryl methyl sites for hydroxylation is 2. The van der Waals surface area contributed by atoms with Crippen molar-refractivity contribution >= 4 is 5.96 Å². The number of imidazole rings is 1. The van der Waals surface area contributed by atoms with E-state index in [0.717, 1.165) is 57.2 Å². The highest BCUT2D eigenvalue weighted by molar-refractivity contribution is 5.79. The number of rotatable bonds is 10. The number of aliphatic imine (C=N–C) groups is 1. The number of hydrogen-bond acceptors (Lipinski definition) is 4. The number of aromatic nitrogens is 2. The summed E-state index contributed by atoms with van der Waals surface area (Å²) in [5.41, 5.74) is 1.35. The molecule has 0 saturated carbocycles. The minimum Gasteiger partial charge on any atom is -0.396 e. The Morgan fingerprint density at radius 3 is 2.90 bits per heavy atom. The number of aliphatic hydroxyl groups excluding tert-OH is 1. The molecule has 158 valence electrons. The van der Waals surface area contributed by atoms with Crippen molar-refractivity contribution in [3.63, 3.8) is 0 Å². The topological polar surface area (TPSA) is 83.7 Å². The molecule has 7 nitrogen and oxygen atoms in total. The molecule has 1 saturated heterocycles. The quantitative estimate of drug-likeness (QED) is 0.420. The maximum absolute atomic E-state index is 9.38. The van der Waals surface area contributed by atoms with Gasteiger partial charge in [0.2, 0.25) is 0 Å². The van der Waals surface area contributed by atoms with Crippen molar-refractivity contribution in [2.75, 3.05) is 33.4 Å². The number of nitrogens with one attached hydrogen (secondary N) is 2. The van der Waals surface area contributed by atoms with Crippen molar-refractivity contribution in [2.24, 2.45) is 10.4 Å². The fourth-order valence-electron chi connectivity index (χ4n) is 3.78. The Morgan fingerprint density at radius 2 is 2.17 bits per heavy atom. The highest BCUT2D eigenvalue weighted by Crippen LogP contribution is 2.31. The van der Waals surface area contributed by atoms with E-state index in [1.807, 2.05) is 12.4 Å². The average molecular weight is 400 g/mol. The molecule has 1 aliphatic rings. The van der Waals surface area contributed by atoms with Crippen LogP contribution in [0.1, 0.15) is 30.7 Å². The molecule has 3 N–H and O–H groups in total. The van der Waals surface area contributed by atoms with Gasteiger partial charge >= 0.3 is 0 Å². The Morgan fingerprint density at radius 1 is 1.31 bits per heavy atom. The fraction of sp³-hybridized carbons (Fsp3) is 0.545. The lowest BCUT2D eigenvalue weighted by Crippen LogP contribution is -2.44. The number of aliphatic hydroxyl groups is 1. The van der Waals surface area contributed by atoms with Crippen molar-refractivity contribution in [3.05, 3.63) is 54.1 Å². The first-order valence-corrected chi connectivity index (χ1v) is 10.4. The molecular formula is C22H33N5O2. The number of hydrogen-bond donors (Lipinski definition) is 3. The second-order valence-corrected chi connectivity index (χ2v) is 7.68. The molecule has 0 bridgehead atoms. The van der Waals surface area contributed by atoms with Crippen molar-refractivity contribution < 1.29 is 9.84 Å². The summed E-state index contributed by atoms with van der Waals surface area (Å²) >= 11 is 0. The van der Waals surface area contributed by atoms with E-state index in [2.05, 4.69) is 55.5 Å². The van der Waals surface area contributed by atoms with Gasteiger partial charge < -0.3 is 25.0 Å². The van der Waals surface area contributed by atoms with E-state index < -0.39 is 0 Å². The highest BCUT2D eigenvalue weighted by atomic mass is 16.5. The second-order valence-electron chi connectivity index (χ2n) is 7.68. The first-order valence-electron chi connectivity index (χ1n) is 10.4. The molecule has 0 radical (unpaired) electrons. The highest BCUT2D eigenvalue weighted by Gasteiger charge is 2.34. The molecule has 0 spiro atoms. The zero-order valence-electron chi connectivity index (χ0n) is 17.3. The molecule has 1 aromatic heterocycles. The molecule has 0 amide bonds. The lowest BCUT2D eigenvalue weighted by molar-refractivity contribution is 0.127. The van der Waals surface area contributed by atoms with Crippen LogP contribution < -0.4 is 10.6 Å². The van der Waals surface area contributed by atoms with Crippen molar-refractivity contribution in [1.82, 2.24) is 20.2 Å². The van der Waals surface area contributed by atoms with Gasteiger partial charge in [-0.2, -0.15) is 0 Å². The Hall–Kier alpha value is -2.38. The third kappa shape index (κ3) is 6.30. The standard InChI is InChI=1S/C22H33N5O2/c1-23-21(26-17-22(9-14-28)10-15-29-18-22)25-16-20-24-11-13-27(20)12-5-8-19-6-3-2-4-7-19/h2-4,6-7,11,13,28H,5,8-10,12,14-18H2,1H3,(H2,23,25,26). The minimum atomic E-state index is -0.0116. The van der Waals surface area contributed by atoms with Crippen LogP contribution in [0.3, 0.4) is 0 Å². The van der Waals surface area contributed by atoms with Gasteiger partial charge in [-0.25, -0.2) is 4.98 Å². The fourth-order valence-corrected chi connectivity index (χ4v) is 3.78. The molecule has 29 heavy (non-hydrogen) atoms. The van der Waals surface area contributed by atoms with E-state index in [0.29, 0.717) is 13.2 Å². The van der Waals surface area contributed by atoms with E-state index in [1.165, 1.54) is 5.56 Å². The third-order valence-electron chi connectivity index (χ3n) is 5.60. The van der Waals surface area contributed by atoms with Gasteiger partial charge in [0.1, 0.15) is 5.82 Å². The van der Waals surface area contributed by atoms with E-state index in [9.17, 15) is 5.11 Å². The molecular weight excluding hydrogens is 366 g/mol. The van der Waals surface area contributed by atoms with Crippen LogP contribution in [-0.2, 0) is 24.2 Å². The van der Waals surface area contributed by atoms with E-state index in [4.69, 9.17) is 4.74 Å². The molecule has 1 unspecified atom stereocenters. The maximum Gasteiger partial charge on any atom is 0.191 e. The van der Waals surface area contributed by atoms with Crippen LogP contribution >= 0.6 is 0 Å². The third-order valence-corrected chi connectivity index (χ3v) is 5.60. The van der Waals surface area contributed by atoms with E-state index in [1.54, 1.807) is 7.05 Å². The van der Waals surface area contributed by atoms with Crippen molar-refractivity contribution in [3.8, 4) is 0 Å². The van der Waals surface area contributed by atoms with Gasteiger partial charge in [0.05, 0.1) is 13.2 Å². The van der Waals surface area contributed by atoms with Crippen molar-refractivity contribution in [1.29, 1.82) is 0 Å². The number of benzene rings is 1. The Labute approximate surface area is 173 Å². The Kier molecular flexibility index (Phi) is 8.07. The van der Waals surface area contributed by atoms with Crippen LogP contribution in [0, 0.1) is 5.41 Å². The SMILES string of the molecule is CN=C(NCc1nccn1CCCc1ccccc1)NCC1(CCO)CCOC1. The molecule has 7 heteroatoms. The number of nitrogens with zero attached hydrogens (tertiary/aromatic N) is 3. The van der Waals surface area contributed by atoms with Gasteiger partial charge in [-0.05, 0) is 31.2 Å². The summed E-state index contributed by atoms with van der Waals surface area (Å²) in [7, 11) is 1.77. The predicted molar refractivity (Wildman–Crippen MR) is 115 cm³/mol. The zero-order valence-corrected chi connectivity index (χ0v) is 17.3. The molecule has 0 aliphatic carbocycles. The summed E-state index contributed by atoms with van der Waals surface area (Å²) in [5, 5.41) is 16.1. The molecule has 1 atom stereocenters. The van der Waals surface area contributed by atoms with Crippen LogP contribution in [0.4, 0.5) is 0 Å². The van der Waals surface area contributed by atoms with Gasteiger partial charge in [-0.1, -0.05) is 30.3 Å². The van der Waals surface area contributed by atoms with Gasteiger partial charge in [-0.3, -0.25) is 4.99 Å². The number of ether oxygens (including phenoxy) is 1. The van der Waals surface area contributed by atoms with E-state index >= 15 is 0 Å². The number of guanidine groups is 1. The van der Waals surface area contributed by atoms with Crippen molar-refractivity contribution in [2.45, 2.75) is 38.8 Å². The summed E-state index contributed by atoms with van der Waals surface area (Å²) < 4.78 is 7.75. The largest absolute Gasteiger partial charge is 0.396 e. The Balaban J connectivity index is 1.45. The van der Waals surface area contributed by atoms with Crippen LogP contribution in [0.2, 0.25) is 0 Å². The second kappa shape index (κ2) is 11.0. The summed E-state index contributed by atoms with van der Waals surface area (Å²) in [6, 6.07) is 10.6. The van der Waals surface area contributed by atoms with Crippen LogP contribution in [0.25, 0.3) is 0 Å². The van der Waals surface area contributed by atoms with Gasteiger partial charge in [-0.15, -0.1) is 0 Å². The molecule has 3 rings (SSSR count). The first kappa shape index (κ1) is 21.3. The Bertz CT molecular complexity index is 754. The summed E-state index contributed by atoms with van der Waals surface area (Å²) in [6.45, 7) is 3.91. The van der Waals surface area contributed by atoms with Gasteiger partial charge in [0.25, 0.3) is 0 Å². The molecule has 1 fully saturated rings. The lowest BCUT2D eigenvalue weighted by Gasteiger charge is -2.27. The summed E-state index contributed by atoms with van der Waals surface area (Å²) in [6.07, 6.45) is 7.71. The van der Waals surface area contributed by atoms with E-state index in [-0.39, 0.29) is 12.0 Å². The summed E-state index contributed by atoms with van der Waals surface area (Å²) in [5.74, 6) is 1.74. The van der Waals surface area contributed by atoms with Gasteiger partial charge in [0.15, 0.2) is 5.96 Å². The monoisotopic (exact) mass is 399 g/mol. The maximum atomic E-state index is 9.38. The van der Waals surface area contributed by atoms with Crippen LogP contribution in [-0.4, -0.2) is 54.0 Å². The van der Waals surface area contributed by atoms with Gasteiger partial charge in [0, 0.05) is 51.2 Å². The smallest absolute Gasteiger partial charge is 0.191 e. The zero-order chi connectivity index (χ0) is 20.4. The molecule has 2 aromatic rings. The average Bonchev–Trinajstić information content (AvgIpc) is 3.39. The first-order chi connectivity index (χ1) is 14.2. The normalized spacial score (nSPS) is 19.4. The lowest BCUT2D eigenvalue weighted by atomic mass is 9.84. The molecule has 1 aromatic carbocycles.